The maximum absolute atomic E-state index is 13.5. The maximum atomic E-state index is 13.5. The number of phenols is 2. The van der Waals surface area contributed by atoms with E-state index in [2.05, 4.69) is 15.5 Å². The molecule has 0 spiro atoms. The minimum absolute atomic E-state index is 0. The Balaban J connectivity index is 0.00000405. The number of thioether (sulfide) groups is 1. The fourth-order valence-corrected chi connectivity index (χ4v) is 8.25. The van der Waals surface area contributed by atoms with Crippen LogP contribution in [0.1, 0.15) is 10.6 Å². The van der Waals surface area contributed by atoms with E-state index in [1.54, 1.807) is 0 Å². The van der Waals surface area contributed by atoms with Crippen LogP contribution in [0, 0.1) is 0 Å². The molecule has 1 fully saturated rings. The zero-order valence-electron chi connectivity index (χ0n) is 21.4. The van der Waals surface area contributed by atoms with Crippen LogP contribution in [-0.2, 0) is 19.2 Å². The predicted molar refractivity (Wildman–Crippen MR) is 156 cm³/mol. The van der Waals surface area contributed by atoms with Gasteiger partial charge in [0.1, 0.15) is 23.2 Å². The number of nitrogens with two attached hydrogens (primary N) is 1. The summed E-state index contributed by atoms with van der Waals surface area (Å²) in [5, 5.41) is 39.9. The number of nitrogens with one attached hydrogen (secondary N) is 1. The Morgan fingerprint density at radius 2 is 2.10 bits per heavy atom. The molecule has 42 heavy (non-hydrogen) atoms. The molecule has 212 valence electrons. The van der Waals surface area contributed by atoms with Crippen LogP contribution in [0.4, 0.5) is 5.13 Å². The summed E-state index contributed by atoms with van der Waals surface area (Å²) in [7, 11) is 1.21. The normalized spacial score (nSPS) is 20.0. The molecule has 13 nitrogen and oxygen atoms in total. The number of nitrogen functional groups attached to an aromatic ring is 1. The van der Waals surface area contributed by atoms with Crippen molar-refractivity contribution in [2.75, 3.05) is 18.6 Å². The molecule has 0 unspecified atom stereocenters. The summed E-state index contributed by atoms with van der Waals surface area (Å²) < 4.78 is 0.102. The van der Waals surface area contributed by atoms with Gasteiger partial charge in [-0.1, -0.05) is 29.0 Å². The van der Waals surface area contributed by atoms with Crippen LogP contribution in [0.3, 0.4) is 0 Å². The number of thiazole rings is 1. The molecular weight excluding hydrogens is 661 g/mol. The van der Waals surface area contributed by atoms with Crippen molar-refractivity contribution < 1.29 is 64.1 Å². The number of halogens is 1. The zero-order chi connectivity index (χ0) is 29.8. The third kappa shape index (κ3) is 5.06. The number of rotatable bonds is 7. The van der Waals surface area contributed by atoms with E-state index in [0.29, 0.717) is 0 Å². The zero-order valence-corrected chi connectivity index (χ0v) is 27.4. The molecule has 1 saturated heterocycles. The van der Waals surface area contributed by atoms with Crippen molar-refractivity contribution in [3.05, 3.63) is 49.0 Å². The van der Waals surface area contributed by atoms with Gasteiger partial charge >= 0.3 is 29.6 Å². The van der Waals surface area contributed by atoms with Crippen LogP contribution in [0.5, 0.6) is 11.5 Å². The number of amides is 2. The smallest absolute Gasteiger partial charge is 0.543 e. The average molecular weight is 676 g/mol. The number of carboxylic acid groups (broad SMARTS) is 1. The van der Waals surface area contributed by atoms with Crippen LogP contribution in [0.15, 0.2) is 33.2 Å². The van der Waals surface area contributed by atoms with E-state index in [9.17, 15) is 34.5 Å². The minimum Gasteiger partial charge on any atom is -0.543 e. The molecular formula is C23H15ClN5NaO8S4. The standard InChI is InChI=1S/C23H16ClN5O8S4.Na/c1-37-28-14(9-5-40-22(25)26-9)18(33)27-23(6-38)20(36)29-15(19(34)35)8(4-39-21(23)29)12-3-10(30)7-2-11(31)16(32)13(24)17(7)41-12;/h2-3,5-6,21,31-32H,4H2,1H3,(H2,25,26)(H,27,33)(H,34,35);/q;+1/p-1/b28-14-;/t21-,23+;/m0./s1. The molecule has 2 aromatic heterocycles. The van der Waals surface area contributed by atoms with E-state index in [1.165, 1.54) is 12.5 Å². The molecule has 2 aliphatic rings. The van der Waals surface area contributed by atoms with Gasteiger partial charge in [-0.15, -0.1) is 34.4 Å². The van der Waals surface area contributed by atoms with Gasteiger partial charge in [0.15, 0.2) is 33.3 Å². The van der Waals surface area contributed by atoms with Crippen LogP contribution in [0.25, 0.3) is 15.7 Å². The second-order valence-corrected chi connectivity index (χ2v) is 12.1. The number of phenolic OH excluding ortho intramolecular Hbond substituents is 2. The topological polar surface area (TPSA) is 208 Å². The summed E-state index contributed by atoms with van der Waals surface area (Å²) in [6, 6.07) is 2.19. The van der Waals surface area contributed by atoms with E-state index in [0.717, 1.165) is 56.8 Å². The van der Waals surface area contributed by atoms with E-state index in [1.807, 2.05) is 0 Å². The van der Waals surface area contributed by atoms with Gasteiger partial charge < -0.3 is 36.0 Å². The number of oxime groups is 1. The summed E-state index contributed by atoms with van der Waals surface area (Å²) in [5.41, 5.74) is 2.61. The third-order valence-electron chi connectivity index (χ3n) is 6.18. The largest absolute Gasteiger partial charge is 1.00 e. The van der Waals surface area contributed by atoms with E-state index < -0.39 is 51.3 Å². The van der Waals surface area contributed by atoms with Crippen molar-refractivity contribution in [3.63, 3.8) is 0 Å². The quantitative estimate of drug-likeness (QED) is 0.0519. The molecule has 0 bridgehead atoms. The van der Waals surface area contributed by atoms with Gasteiger partial charge in [0.05, 0.1) is 16.4 Å². The minimum atomic E-state index is -1.80. The predicted octanol–water partition coefficient (Wildman–Crippen LogP) is -2.35. The van der Waals surface area contributed by atoms with Gasteiger partial charge in [-0.05, 0) is 6.07 Å². The molecule has 0 saturated carbocycles. The molecule has 5 N–H and O–H groups in total. The Morgan fingerprint density at radius 1 is 1.38 bits per heavy atom. The molecule has 4 heterocycles. The Morgan fingerprint density at radius 3 is 2.69 bits per heavy atom. The number of aromatic nitrogens is 1. The van der Waals surface area contributed by atoms with Crippen molar-refractivity contribution >= 4 is 108 Å². The van der Waals surface area contributed by atoms with Crippen LogP contribution < -0.4 is 51.1 Å². The van der Waals surface area contributed by atoms with Crippen LogP contribution in [-0.4, -0.2) is 72.7 Å². The number of benzene rings is 1. The summed E-state index contributed by atoms with van der Waals surface area (Å²) >= 11 is 14.3. The van der Waals surface area contributed by atoms with Crippen LogP contribution in [0.2, 0.25) is 5.02 Å². The molecule has 2 aliphatic heterocycles. The first kappa shape index (κ1) is 32.2. The number of carbonyl (C=O) groups is 3. The Labute approximate surface area is 280 Å². The number of nitrogens with zero attached hydrogens (tertiary/aromatic N) is 3. The van der Waals surface area contributed by atoms with Gasteiger partial charge in [-0.25, -0.2) is 4.98 Å². The van der Waals surface area contributed by atoms with E-state index in [-0.39, 0.29) is 77.4 Å². The number of fused-ring (bicyclic) bond motifs is 2. The first-order valence-electron chi connectivity index (χ1n) is 11.1. The number of carbonyl (C=O) groups excluding carboxylic acids is 3. The molecule has 2 amide bonds. The van der Waals surface area contributed by atoms with Gasteiger partial charge in [0, 0.05) is 38.4 Å². The van der Waals surface area contributed by atoms with E-state index in [4.69, 9.17) is 34.4 Å². The molecule has 1 aromatic carbocycles. The Hall–Kier alpha value is -2.77. The summed E-state index contributed by atoms with van der Waals surface area (Å²) in [4.78, 5) is 61.8. The SMILES string of the molecule is CO/N=C(\C(=O)N[C@]1(C=S)C(=O)N2C(C(=O)[O-])=C(c3cc(=O)c4cc(O)c(O)c(Cl)c4s3)CS[C@H]21)c1csc(N)n1.[Na+]. The number of aromatic hydroxyl groups is 2. The van der Waals surface area contributed by atoms with Gasteiger partial charge in [-0.2, -0.15) is 0 Å². The number of thiocarbonyl (C=S) groups is 1. The maximum Gasteiger partial charge on any atom is 1.00 e. The molecule has 19 heteroatoms. The number of hydrogen-bond acceptors (Lipinski definition) is 15. The molecule has 5 rings (SSSR count). The Bertz CT molecular complexity index is 1810. The van der Waals surface area contributed by atoms with Gasteiger partial charge in [0.2, 0.25) is 0 Å². The van der Waals surface area contributed by atoms with Gasteiger partial charge in [0.25, 0.3) is 11.8 Å². The van der Waals surface area contributed by atoms with Crippen molar-refractivity contribution in [1.29, 1.82) is 0 Å². The number of carboxylic acids is 1. The monoisotopic (exact) mass is 675 g/mol. The van der Waals surface area contributed by atoms with E-state index >= 15 is 0 Å². The first-order chi connectivity index (χ1) is 19.4. The van der Waals surface area contributed by atoms with Crippen molar-refractivity contribution in [3.8, 4) is 11.5 Å². The van der Waals surface area contributed by atoms with Crippen molar-refractivity contribution in [2.45, 2.75) is 10.9 Å². The Kier molecular flexibility index (Phi) is 9.25. The molecule has 2 atom stereocenters. The van der Waals surface area contributed by atoms with Crippen LogP contribution >= 0.6 is 58.3 Å². The second kappa shape index (κ2) is 12.1. The first-order valence-corrected chi connectivity index (χ1v) is 14.7. The van der Waals surface area contributed by atoms with Crippen molar-refractivity contribution in [2.24, 2.45) is 5.16 Å². The number of aliphatic carboxylic acids is 1. The second-order valence-electron chi connectivity index (χ2n) is 8.50. The number of β-lactam (4-membered cyclic amide) rings is 1. The fraction of sp³-hybridized carbons (Fsp3) is 0.174. The average Bonchev–Trinajstić information content (AvgIpc) is 3.38. The third-order valence-corrected chi connectivity index (χ3v) is 10.3. The summed E-state index contributed by atoms with van der Waals surface area (Å²) in [6.07, 6.45) is 0. The summed E-state index contributed by atoms with van der Waals surface area (Å²) in [6.45, 7) is 0. The summed E-state index contributed by atoms with van der Waals surface area (Å²) in [5.74, 6) is -4.71. The van der Waals surface area contributed by atoms with Crippen molar-refractivity contribution in [1.82, 2.24) is 15.2 Å². The number of anilines is 1. The number of hydrogen-bond donors (Lipinski definition) is 4. The molecule has 0 radical (unpaired) electrons. The molecule has 3 aromatic rings. The van der Waals surface area contributed by atoms with Gasteiger partial charge in [-0.3, -0.25) is 19.3 Å². The molecule has 0 aliphatic carbocycles. The fourth-order valence-electron chi connectivity index (χ4n) is 4.33.